The zero-order valence-corrected chi connectivity index (χ0v) is 17.3. The Morgan fingerprint density at radius 2 is 1.97 bits per heavy atom. The molecule has 0 saturated carbocycles. The predicted octanol–water partition coefficient (Wildman–Crippen LogP) is 3.95. The molecule has 0 aliphatic heterocycles. The number of carbonyl (C=O) groups excluding carboxylic acids is 1. The number of nitro groups is 1. The molecule has 0 aliphatic carbocycles. The number of methoxy groups -OCH3 is 1. The molecule has 2 aromatic carbocycles. The van der Waals surface area contributed by atoms with E-state index >= 15 is 0 Å². The van der Waals surface area contributed by atoms with E-state index in [-0.39, 0.29) is 17.9 Å². The van der Waals surface area contributed by atoms with Gasteiger partial charge in [-0.05, 0) is 50.1 Å². The largest absolute Gasteiger partial charge is 0.496 e. The highest BCUT2D eigenvalue weighted by molar-refractivity contribution is 5.92. The van der Waals surface area contributed by atoms with Crippen molar-refractivity contribution in [3.63, 3.8) is 0 Å². The van der Waals surface area contributed by atoms with Crippen molar-refractivity contribution >= 4 is 28.2 Å². The fraction of sp³-hybridized carbons (Fsp3) is 0.227. The monoisotopic (exact) mass is 420 g/mol. The highest BCUT2D eigenvalue weighted by Crippen LogP contribution is 2.31. The fourth-order valence-corrected chi connectivity index (χ4v) is 3.59. The van der Waals surface area contributed by atoms with Crippen molar-refractivity contribution in [2.75, 3.05) is 7.11 Å². The first-order valence-corrected chi connectivity index (χ1v) is 9.65. The SMILES string of the molecule is COc1ccc(OC(=O)CCc2c(C)nc3c4ccccc4nn3c2C)c([N+](=O)[O-])c1. The maximum absolute atomic E-state index is 12.4. The molecule has 0 aliphatic rings. The summed E-state index contributed by atoms with van der Waals surface area (Å²) in [5.41, 5.74) is 3.88. The molecule has 9 heteroatoms. The van der Waals surface area contributed by atoms with E-state index in [0.717, 1.165) is 33.5 Å². The van der Waals surface area contributed by atoms with E-state index in [4.69, 9.17) is 9.47 Å². The van der Waals surface area contributed by atoms with Crippen molar-refractivity contribution in [1.82, 2.24) is 14.6 Å². The Morgan fingerprint density at radius 3 is 2.71 bits per heavy atom. The molecule has 0 spiro atoms. The van der Waals surface area contributed by atoms with Crippen molar-refractivity contribution in [1.29, 1.82) is 0 Å². The van der Waals surface area contributed by atoms with E-state index in [1.54, 1.807) is 4.52 Å². The summed E-state index contributed by atoms with van der Waals surface area (Å²) in [5, 5.41) is 16.9. The summed E-state index contributed by atoms with van der Waals surface area (Å²) in [6.45, 7) is 3.83. The minimum atomic E-state index is -0.611. The molecule has 0 atom stereocenters. The van der Waals surface area contributed by atoms with Gasteiger partial charge in [0, 0.05) is 16.8 Å². The number of nitrogens with zero attached hydrogens (tertiary/aromatic N) is 4. The van der Waals surface area contributed by atoms with Gasteiger partial charge in [-0.25, -0.2) is 9.50 Å². The van der Waals surface area contributed by atoms with Crippen LogP contribution in [0.25, 0.3) is 16.6 Å². The van der Waals surface area contributed by atoms with E-state index in [1.165, 1.54) is 25.3 Å². The van der Waals surface area contributed by atoms with Gasteiger partial charge in [0.1, 0.15) is 5.75 Å². The Hall–Kier alpha value is -4.01. The number of fused-ring (bicyclic) bond motifs is 3. The molecule has 4 aromatic rings. The number of hydrogen-bond acceptors (Lipinski definition) is 7. The molecule has 4 rings (SSSR count). The molecule has 2 heterocycles. The number of hydrogen-bond donors (Lipinski definition) is 0. The third kappa shape index (κ3) is 3.77. The summed E-state index contributed by atoms with van der Waals surface area (Å²) in [4.78, 5) is 27.8. The summed E-state index contributed by atoms with van der Waals surface area (Å²) >= 11 is 0. The third-order valence-electron chi connectivity index (χ3n) is 5.18. The van der Waals surface area contributed by atoms with Crippen LogP contribution >= 0.6 is 0 Å². The molecule has 0 radical (unpaired) electrons. The molecule has 0 amide bonds. The van der Waals surface area contributed by atoms with Crippen LogP contribution in [-0.2, 0) is 11.2 Å². The molecule has 0 N–H and O–H groups in total. The number of benzene rings is 2. The molecule has 31 heavy (non-hydrogen) atoms. The second-order valence-electron chi connectivity index (χ2n) is 7.08. The number of aromatic nitrogens is 3. The van der Waals surface area contributed by atoms with Gasteiger partial charge >= 0.3 is 11.7 Å². The molecule has 0 fully saturated rings. The van der Waals surface area contributed by atoms with Crippen LogP contribution in [0.5, 0.6) is 11.5 Å². The maximum Gasteiger partial charge on any atom is 0.315 e. The van der Waals surface area contributed by atoms with Gasteiger partial charge in [0.25, 0.3) is 0 Å². The summed E-state index contributed by atoms with van der Waals surface area (Å²) < 4.78 is 12.0. The lowest BCUT2D eigenvalue weighted by Crippen LogP contribution is -2.13. The number of ether oxygens (including phenoxy) is 2. The van der Waals surface area contributed by atoms with Gasteiger partial charge in [0.2, 0.25) is 5.75 Å². The van der Waals surface area contributed by atoms with E-state index in [1.807, 2.05) is 38.1 Å². The molecule has 0 unspecified atom stereocenters. The normalized spacial score (nSPS) is 11.1. The lowest BCUT2D eigenvalue weighted by Gasteiger charge is -2.11. The summed E-state index contributed by atoms with van der Waals surface area (Å²) in [6.07, 6.45) is 0.415. The lowest BCUT2D eigenvalue weighted by atomic mass is 10.1. The first-order chi connectivity index (χ1) is 14.9. The van der Waals surface area contributed by atoms with Gasteiger partial charge in [0.15, 0.2) is 5.65 Å². The molecule has 2 aromatic heterocycles. The first-order valence-electron chi connectivity index (χ1n) is 9.65. The van der Waals surface area contributed by atoms with Crippen LogP contribution in [0, 0.1) is 24.0 Å². The Kier molecular flexibility index (Phi) is 5.24. The Morgan fingerprint density at radius 1 is 1.19 bits per heavy atom. The molecular formula is C22H20N4O5. The van der Waals surface area contributed by atoms with Crippen LogP contribution in [0.2, 0.25) is 0 Å². The summed E-state index contributed by atoms with van der Waals surface area (Å²) in [5.74, 6) is -0.377. The standard InChI is InChI=1S/C22H20N4O5/c1-13-16(14(2)25-22(23-13)17-6-4-5-7-18(17)24-25)9-11-21(27)31-20-10-8-15(30-3)12-19(20)26(28)29/h4-8,10,12H,9,11H2,1-3H3. The number of nitro benzene ring substituents is 1. The first kappa shape index (κ1) is 20.3. The summed E-state index contributed by atoms with van der Waals surface area (Å²) in [6, 6.07) is 11.8. The molecular weight excluding hydrogens is 400 g/mol. The summed E-state index contributed by atoms with van der Waals surface area (Å²) in [7, 11) is 1.41. The Balaban J connectivity index is 1.56. The third-order valence-corrected chi connectivity index (χ3v) is 5.18. The fourth-order valence-electron chi connectivity index (χ4n) is 3.59. The highest BCUT2D eigenvalue weighted by Gasteiger charge is 2.20. The van der Waals surface area contributed by atoms with E-state index in [0.29, 0.717) is 12.2 Å². The van der Waals surface area contributed by atoms with Crippen molar-refractivity contribution in [2.24, 2.45) is 0 Å². The maximum atomic E-state index is 12.4. The number of aryl methyl sites for hydroxylation is 2. The number of rotatable bonds is 6. The van der Waals surface area contributed by atoms with Gasteiger partial charge in [-0.3, -0.25) is 14.9 Å². The molecule has 9 nitrogen and oxygen atoms in total. The highest BCUT2D eigenvalue weighted by atomic mass is 16.6. The van der Waals surface area contributed by atoms with Crippen LogP contribution in [0.4, 0.5) is 5.69 Å². The quantitative estimate of drug-likeness (QED) is 0.201. The second-order valence-corrected chi connectivity index (χ2v) is 7.08. The molecule has 0 saturated heterocycles. The minimum absolute atomic E-state index is 0.0405. The average Bonchev–Trinajstić information content (AvgIpc) is 3.12. The van der Waals surface area contributed by atoms with Crippen molar-refractivity contribution in [3.8, 4) is 11.5 Å². The zero-order valence-electron chi connectivity index (χ0n) is 17.3. The number of carbonyl (C=O) groups is 1. The van der Waals surface area contributed by atoms with Crippen molar-refractivity contribution < 1.29 is 19.2 Å². The van der Waals surface area contributed by atoms with Gasteiger partial charge in [-0.15, -0.1) is 0 Å². The van der Waals surface area contributed by atoms with Crippen LogP contribution in [0.1, 0.15) is 23.4 Å². The predicted molar refractivity (Wildman–Crippen MR) is 114 cm³/mol. The smallest absolute Gasteiger partial charge is 0.315 e. The van der Waals surface area contributed by atoms with E-state index < -0.39 is 10.9 Å². The van der Waals surface area contributed by atoms with E-state index in [2.05, 4.69) is 10.1 Å². The lowest BCUT2D eigenvalue weighted by molar-refractivity contribution is -0.385. The molecule has 0 bridgehead atoms. The van der Waals surface area contributed by atoms with Crippen LogP contribution < -0.4 is 9.47 Å². The van der Waals surface area contributed by atoms with Crippen molar-refractivity contribution in [3.05, 3.63) is 69.5 Å². The van der Waals surface area contributed by atoms with Crippen molar-refractivity contribution in [2.45, 2.75) is 26.7 Å². The van der Waals surface area contributed by atoms with Gasteiger partial charge in [0.05, 0.1) is 30.0 Å². The second kappa shape index (κ2) is 8.02. The molecule has 158 valence electrons. The van der Waals surface area contributed by atoms with Gasteiger partial charge in [-0.2, -0.15) is 5.10 Å². The van der Waals surface area contributed by atoms with Crippen LogP contribution in [0.15, 0.2) is 42.5 Å². The average molecular weight is 420 g/mol. The Labute approximate surface area is 177 Å². The van der Waals surface area contributed by atoms with Gasteiger partial charge < -0.3 is 9.47 Å². The zero-order chi connectivity index (χ0) is 22.1. The Bertz CT molecular complexity index is 1330. The van der Waals surface area contributed by atoms with Gasteiger partial charge in [-0.1, -0.05) is 12.1 Å². The van der Waals surface area contributed by atoms with Crippen LogP contribution in [-0.4, -0.2) is 32.6 Å². The van der Waals surface area contributed by atoms with Crippen LogP contribution in [0.3, 0.4) is 0 Å². The number of esters is 1. The minimum Gasteiger partial charge on any atom is -0.496 e. The van der Waals surface area contributed by atoms with E-state index in [9.17, 15) is 14.9 Å². The topological polar surface area (TPSA) is 109 Å².